The van der Waals surface area contributed by atoms with Crippen LogP contribution in [0, 0.1) is 17.4 Å². The van der Waals surface area contributed by atoms with Gasteiger partial charge in [-0.25, -0.2) is 6.08 Å². The van der Waals surface area contributed by atoms with Gasteiger partial charge in [-0.3, -0.25) is 6.08 Å². The molecule has 0 saturated carbocycles. The first-order valence-corrected chi connectivity index (χ1v) is 19.7. The van der Waals surface area contributed by atoms with E-state index >= 15 is 0 Å². The summed E-state index contributed by atoms with van der Waals surface area (Å²) in [6, 6.07) is 52.8. The van der Waals surface area contributed by atoms with Crippen molar-refractivity contribution in [3.63, 3.8) is 0 Å². The van der Waals surface area contributed by atoms with Crippen LogP contribution in [-0.4, -0.2) is 3.21 Å². The third-order valence-electron chi connectivity index (χ3n) is 9.28. The number of hydrogen-bond donors (Lipinski definition) is 0. The van der Waals surface area contributed by atoms with Gasteiger partial charge in [0.1, 0.15) is 0 Å². The first kappa shape index (κ1) is 43.3. The molecule has 0 radical (unpaired) electrons. The minimum Gasteiger partial charge on any atom is -1.00 e. The molecule has 5 heteroatoms. The van der Waals surface area contributed by atoms with E-state index in [0.717, 1.165) is 21.2 Å². The molecule has 0 nitrogen and oxygen atoms in total. The average molecular weight is 864 g/mol. The number of fused-ring (bicyclic) bond motifs is 3. The van der Waals surface area contributed by atoms with Crippen LogP contribution in [0.5, 0.6) is 0 Å². The summed E-state index contributed by atoms with van der Waals surface area (Å²) in [6.45, 7) is 8.94. The van der Waals surface area contributed by atoms with E-state index in [1.807, 2.05) is 36.4 Å². The summed E-state index contributed by atoms with van der Waals surface area (Å²) >= 11 is 13.3. The predicted octanol–water partition coefficient (Wildman–Crippen LogP) is 8.52. The third kappa shape index (κ3) is 11.1. The average Bonchev–Trinajstić information content (AvgIpc) is 3.81. The van der Waals surface area contributed by atoms with Gasteiger partial charge >= 0.3 is 120 Å². The van der Waals surface area contributed by atoms with Gasteiger partial charge in [0.05, 0.1) is 0 Å². The smallest absolute Gasteiger partial charge is 0.0259 e. The van der Waals surface area contributed by atoms with Crippen molar-refractivity contribution in [2.75, 3.05) is 0 Å². The summed E-state index contributed by atoms with van der Waals surface area (Å²) in [7, 11) is 0. The van der Waals surface area contributed by atoms with Gasteiger partial charge < -0.3 is 24.8 Å². The Bertz CT molecular complexity index is 2220. The molecule has 0 amide bonds. The maximum absolute atomic E-state index is 5.98. The monoisotopic (exact) mass is 860 g/mol. The van der Waals surface area contributed by atoms with Gasteiger partial charge in [-0.2, -0.15) is 11.6 Å². The van der Waals surface area contributed by atoms with Crippen LogP contribution in [0.2, 0.25) is 10.0 Å². The zero-order chi connectivity index (χ0) is 36.7. The van der Waals surface area contributed by atoms with Crippen molar-refractivity contribution in [1.82, 2.24) is 0 Å². The summed E-state index contributed by atoms with van der Waals surface area (Å²) in [6.07, 6.45) is 9.00. The van der Waals surface area contributed by atoms with E-state index < -0.39 is 0 Å². The maximum atomic E-state index is 5.98. The summed E-state index contributed by atoms with van der Waals surface area (Å²) in [5.74, 6) is 0.573. The van der Waals surface area contributed by atoms with Crippen molar-refractivity contribution in [1.29, 1.82) is 0 Å². The van der Waals surface area contributed by atoms with E-state index in [1.165, 1.54) is 83.2 Å². The first-order chi connectivity index (χ1) is 25.1. The molecule has 1 unspecified atom stereocenters. The molecule has 1 atom stereocenters. The van der Waals surface area contributed by atoms with Crippen LogP contribution in [0.15, 0.2) is 169 Å². The van der Waals surface area contributed by atoms with Gasteiger partial charge in [-0.05, 0) is 11.1 Å². The van der Waals surface area contributed by atoms with E-state index in [2.05, 4.69) is 161 Å². The molecule has 1 aliphatic carbocycles. The Balaban J connectivity index is 0.000000194. The Morgan fingerprint density at radius 2 is 1.07 bits per heavy atom. The molecular weight excluding hydrogens is 822 g/mol. The van der Waals surface area contributed by atoms with Gasteiger partial charge in [0.15, 0.2) is 0 Å². The quantitative estimate of drug-likeness (QED) is 0.153. The van der Waals surface area contributed by atoms with Crippen LogP contribution in [-0.2, 0) is 24.2 Å². The number of halogens is 4. The third-order valence-corrected chi connectivity index (χ3v) is 11.2. The molecule has 0 bridgehead atoms. The first-order valence-electron chi connectivity index (χ1n) is 17.7. The van der Waals surface area contributed by atoms with Gasteiger partial charge in [0, 0.05) is 0 Å². The Labute approximate surface area is 358 Å². The minimum absolute atomic E-state index is 0. The molecule has 1 aliphatic rings. The fourth-order valence-electron chi connectivity index (χ4n) is 6.31. The van der Waals surface area contributed by atoms with Crippen molar-refractivity contribution in [3.8, 4) is 22.3 Å². The number of rotatable bonds is 5. The second kappa shape index (κ2) is 20.0. The second-order valence-corrected chi connectivity index (χ2v) is 16.2. The molecule has 0 N–H and O–H groups in total. The van der Waals surface area contributed by atoms with Gasteiger partial charge in [-0.15, -0.1) is 39.7 Å². The van der Waals surface area contributed by atoms with Crippen LogP contribution in [0.3, 0.4) is 0 Å². The molecule has 272 valence electrons. The van der Waals surface area contributed by atoms with E-state index in [1.54, 1.807) is 0 Å². The molecule has 8 rings (SSSR count). The molecule has 7 aromatic rings. The largest absolute Gasteiger partial charge is 1.00 e. The van der Waals surface area contributed by atoms with E-state index in [0.29, 0.717) is 11.3 Å². The molecule has 54 heavy (non-hydrogen) atoms. The Kier molecular flexibility index (Phi) is 16.0. The van der Waals surface area contributed by atoms with Crippen molar-refractivity contribution < 1.29 is 49.0 Å². The summed E-state index contributed by atoms with van der Waals surface area (Å²) in [4.78, 5) is 0. The normalized spacial score (nSPS) is 13.1. The summed E-state index contributed by atoms with van der Waals surface area (Å²) in [5.41, 5.74) is 9.12. The predicted molar refractivity (Wildman–Crippen MR) is 223 cm³/mol. The summed E-state index contributed by atoms with van der Waals surface area (Å²) in [5, 5.41) is 6.80. The van der Waals surface area contributed by atoms with Crippen molar-refractivity contribution >= 4 is 48.0 Å². The van der Waals surface area contributed by atoms with E-state index in [-0.39, 0.29) is 24.8 Å². The Morgan fingerprint density at radius 3 is 1.44 bits per heavy atom. The number of benzene rings is 6. The maximum Gasteiger partial charge on any atom is -0.0259 e. The topological polar surface area (TPSA) is 0 Å². The molecule has 0 aliphatic heterocycles. The second-order valence-electron chi connectivity index (χ2n) is 14.1. The van der Waals surface area contributed by atoms with Crippen molar-refractivity contribution in [2.24, 2.45) is 11.3 Å². The SMILES string of the molecule is CCC1[C-]=CC(C(C)(C)C)=C1.Clc1cccc([C](=[Zr+2])c2cccc(Cl)c2)c1.[Cl-].[Cl-].c1ccc(-c2ccc3c(c2)[cH-]c2cc(-c4ccccc4)ccc23)cc1. The van der Waals surface area contributed by atoms with Crippen LogP contribution < -0.4 is 24.8 Å². The molecule has 0 aromatic heterocycles. The molecule has 7 aromatic carbocycles. The van der Waals surface area contributed by atoms with Crippen LogP contribution >= 0.6 is 23.2 Å². The molecular formula is C49H42Cl4Zr-2. The zero-order valence-corrected chi connectivity index (χ0v) is 36.4. The van der Waals surface area contributed by atoms with Crippen LogP contribution in [0.25, 0.3) is 43.8 Å². The van der Waals surface area contributed by atoms with E-state index in [9.17, 15) is 0 Å². The Hall–Kier alpha value is -3.42. The summed E-state index contributed by atoms with van der Waals surface area (Å²) < 4.78 is 1.26. The van der Waals surface area contributed by atoms with Gasteiger partial charge in [0.25, 0.3) is 0 Å². The fourth-order valence-corrected chi connectivity index (χ4v) is 7.45. The van der Waals surface area contributed by atoms with Gasteiger partial charge in [-0.1, -0.05) is 142 Å². The molecule has 0 saturated heterocycles. The van der Waals surface area contributed by atoms with Crippen LogP contribution in [0.1, 0.15) is 45.2 Å². The van der Waals surface area contributed by atoms with Crippen LogP contribution in [0.4, 0.5) is 0 Å². The fraction of sp³-hybridized carbons (Fsp3) is 0.143. The Morgan fingerprint density at radius 1 is 0.611 bits per heavy atom. The number of hydrogen-bond acceptors (Lipinski definition) is 0. The molecule has 0 spiro atoms. The van der Waals surface area contributed by atoms with Gasteiger partial charge in [0.2, 0.25) is 0 Å². The van der Waals surface area contributed by atoms with Crippen molar-refractivity contribution in [3.05, 3.63) is 197 Å². The van der Waals surface area contributed by atoms with Crippen molar-refractivity contribution in [2.45, 2.75) is 34.1 Å². The molecule has 0 fully saturated rings. The minimum atomic E-state index is 0. The molecule has 0 heterocycles. The number of allylic oxidation sites excluding steroid dienone is 4. The van der Waals surface area contributed by atoms with E-state index in [4.69, 9.17) is 23.2 Å². The standard InChI is InChI=1S/C25H17.C13H8Cl2.C11H17.2ClH.Zr/c1-3-7-18(8-4-1)20-11-13-24-22(15-20)17-23-16-21(12-14-25(23)24)19-9-5-2-6-10-19;14-12-5-1-3-10(8-12)7-11-4-2-6-13(15)9-11;1-5-9-6-7-10(8-9)11(2,3)4;;;/h1-17H;1-6,8-9H;7-9H,5H2,1-4H3;2*1H;/q-1;;-1;;;+2/p-2. The zero-order valence-electron chi connectivity index (χ0n) is 30.9.